The molecule has 10 aromatic carbocycles. The zero-order chi connectivity index (χ0) is 33.5. The minimum atomic E-state index is 1.13. The first kappa shape index (κ1) is 28.2. The third kappa shape index (κ3) is 4.22. The maximum absolute atomic E-state index is 2.51. The zero-order valence-electron chi connectivity index (χ0n) is 27.8. The van der Waals surface area contributed by atoms with Crippen LogP contribution >= 0.6 is 0 Å². The number of hydrogen-bond acceptors (Lipinski definition) is 1. The Bertz CT molecular complexity index is 2980. The van der Waals surface area contributed by atoms with Crippen molar-refractivity contribution in [2.24, 2.45) is 0 Å². The average Bonchev–Trinajstić information content (AvgIpc) is 3.20. The predicted molar refractivity (Wildman–Crippen MR) is 219 cm³/mol. The van der Waals surface area contributed by atoms with Gasteiger partial charge in [0.2, 0.25) is 0 Å². The third-order valence-corrected chi connectivity index (χ3v) is 10.9. The molecule has 10 aromatic rings. The van der Waals surface area contributed by atoms with Crippen molar-refractivity contribution in [1.29, 1.82) is 0 Å². The Morgan fingerprint density at radius 3 is 1.41 bits per heavy atom. The summed E-state index contributed by atoms with van der Waals surface area (Å²) >= 11 is 0. The van der Waals surface area contributed by atoms with E-state index in [1.165, 1.54) is 92.9 Å². The molecule has 0 spiro atoms. The molecule has 0 saturated heterocycles. The van der Waals surface area contributed by atoms with E-state index < -0.39 is 0 Å². The van der Waals surface area contributed by atoms with Gasteiger partial charge >= 0.3 is 0 Å². The van der Waals surface area contributed by atoms with E-state index in [9.17, 15) is 0 Å². The summed E-state index contributed by atoms with van der Waals surface area (Å²) in [6, 6.07) is 69.3. The topological polar surface area (TPSA) is 3.24 Å². The van der Waals surface area contributed by atoms with Gasteiger partial charge in [0.25, 0.3) is 0 Å². The molecule has 0 aliphatic heterocycles. The molecule has 51 heavy (non-hydrogen) atoms. The Hall–Kier alpha value is -6.70. The van der Waals surface area contributed by atoms with E-state index >= 15 is 0 Å². The van der Waals surface area contributed by atoms with E-state index in [2.05, 4.69) is 193 Å². The van der Waals surface area contributed by atoms with Crippen molar-refractivity contribution >= 4 is 70.9 Å². The van der Waals surface area contributed by atoms with Crippen LogP contribution in [-0.4, -0.2) is 0 Å². The first-order valence-electron chi connectivity index (χ1n) is 17.7. The van der Waals surface area contributed by atoms with Crippen LogP contribution in [-0.2, 0) is 0 Å². The molecule has 0 atom stereocenters. The maximum Gasteiger partial charge on any atom is 0.0624 e. The second kappa shape index (κ2) is 10.9. The zero-order valence-corrected chi connectivity index (χ0v) is 27.8. The van der Waals surface area contributed by atoms with Crippen LogP contribution in [0.25, 0.3) is 87.2 Å². The van der Waals surface area contributed by atoms with Gasteiger partial charge in [-0.2, -0.15) is 0 Å². The fourth-order valence-corrected chi connectivity index (χ4v) is 8.53. The van der Waals surface area contributed by atoms with Crippen molar-refractivity contribution in [1.82, 2.24) is 0 Å². The van der Waals surface area contributed by atoms with Gasteiger partial charge in [0, 0.05) is 22.3 Å². The smallest absolute Gasteiger partial charge is 0.0624 e. The van der Waals surface area contributed by atoms with E-state index in [0.717, 1.165) is 11.4 Å². The monoisotopic (exact) mass is 645 g/mol. The number of benzene rings is 10. The van der Waals surface area contributed by atoms with Crippen LogP contribution in [0, 0.1) is 0 Å². The van der Waals surface area contributed by atoms with Gasteiger partial charge in [-0.05, 0) is 119 Å². The second-order valence-corrected chi connectivity index (χ2v) is 13.7. The molecular formula is C50H31N. The quantitative estimate of drug-likeness (QED) is 0.172. The molecule has 0 fully saturated rings. The fourth-order valence-electron chi connectivity index (χ4n) is 8.53. The molecular weight excluding hydrogens is 615 g/mol. The summed E-state index contributed by atoms with van der Waals surface area (Å²) in [5.41, 5.74) is 11.2. The molecule has 0 aromatic heterocycles. The lowest BCUT2D eigenvalue weighted by atomic mass is 9.76. The highest BCUT2D eigenvalue weighted by Crippen LogP contribution is 2.58. The SMILES string of the molecule is c1ccc(-c2ccc(N(c3ccc4c5ccccc5c5ccccc5c4c3)c3c4c(cc5ccccc35)-c3cc5ccccc5cc3-4)cc2)cc1. The molecule has 0 radical (unpaired) electrons. The highest BCUT2D eigenvalue weighted by atomic mass is 15.1. The molecule has 0 bridgehead atoms. The van der Waals surface area contributed by atoms with Crippen LogP contribution < -0.4 is 4.90 Å². The Kier molecular flexibility index (Phi) is 6.02. The molecule has 1 aliphatic carbocycles. The van der Waals surface area contributed by atoms with Gasteiger partial charge in [-0.15, -0.1) is 0 Å². The molecule has 0 saturated carbocycles. The van der Waals surface area contributed by atoms with E-state index in [1.54, 1.807) is 0 Å². The van der Waals surface area contributed by atoms with Gasteiger partial charge in [-0.3, -0.25) is 0 Å². The highest BCUT2D eigenvalue weighted by molar-refractivity contribution is 6.26. The molecule has 236 valence electrons. The second-order valence-electron chi connectivity index (χ2n) is 13.7. The minimum Gasteiger partial charge on any atom is -0.309 e. The van der Waals surface area contributed by atoms with Gasteiger partial charge in [-0.25, -0.2) is 0 Å². The van der Waals surface area contributed by atoms with Gasteiger partial charge in [-0.1, -0.05) is 146 Å². The van der Waals surface area contributed by atoms with Crippen molar-refractivity contribution in [2.45, 2.75) is 0 Å². The molecule has 11 rings (SSSR count). The Morgan fingerprint density at radius 1 is 0.275 bits per heavy atom. The first-order valence-corrected chi connectivity index (χ1v) is 17.7. The van der Waals surface area contributed by atoms with E-state index in [-0.39, 0.29) is 0 Å². The van der Waals surface area contributed by atoms with Crippen molar-refractivity contribution in [3.8, 4) is 33.4 Å². The third-order valence-electron chi connectivity index (χ3n) is 10.9. The molecule has 0 unspecified atom stereocenters. The van der Waals surface area contributed by atoms with Crippen molar-refractivity contribution in [2.75, 3.05) is 4.90 Å². The minimum absolute atomic E-state index is 1.13. The van der Waals surface area contributed by atoms with Crippen LogP contribution in [0.15, 0.2) is 188 Å². The molecule has 0 amide bonds. The Morgan fingerprint density at radius 2 is 0.745 bits per heavy atom. The van der Waals surface area contributed by atoms with Crippen LogP contribution in [0.3, 0.4) is 0 Å². The predicted octanol–water partition coefficient (Wildman–Crippen LogP) is 14.2. The Labute approximate surface area is 296 Å². The van der Waals surface area contributed by atoms with Gasteiger partial charge < -0.3 is 4.90 Å². The van der Waals surface area contributed by atoms with Gasteiger partial charge in [0.05, 0.1) is 5.69 Å². The van der Waals surface area contributed by atoms with Crippen LogP contribution in [0.5, 0.6) is 0 Å². The summed E-state index contributed by atoms with van der Waals surface area (Å²) < 4.78 is 0. The summed E-state index contributed by atoms with van der Waals surface area (Å²) in [5, 5.41) is 12.7. The van der Waals surface area contributed by atoms with Crippen LogP contribution in [0.4, 0.5) is 17.1 Å². The lowest BCUT2D eigenvalue weighted by molar-refractivity contribution is 1.30. The highest BCUT2D eigenvalue weighted by Gasteiger charge is 2.31. The summed E-state index contributed by atoms with van der Waals surface area (Å²) in [5.74, 6) is 0. The molecule has 0 N–H and O–H groups in total. The lowest BCUT2D eigenvalue weighted by Gasteiger charge is -2.35. The number of anilines is 3. The standard InChI is InChI=1S/C50H31N/c1-2-12-32(13-3-1)33-22-24-37(25-23-33)51(38-26-27-44-42-20-9-8-18-40(42)41-19-10-11-21-43(41)46(44)31-38)50-39-17-7-6-16-36(39)30-48-45-28-34-14-4-5-15-35(34)29-47(45)49(48)50/h1-31H. The number of fused-ring (bicyclic) bond motifs is 12. The number of rotatable bonds is 4. The van der Waals surface area contributed by atoms with Crippen molar-refractivity contribution < 1.29 is 0 Å². The largest absolute Gasteiger partial charge is 0.309 e. The van der Waals surface area contributed by atoms with Crippen LogP contribution in [0.1, 0.15) is 0 Å². The first-order chi connectivity index (χ1) is 25.3. The molecule has 1 nitrogen and oxygen atoms in total. The molecule has 0 heterocycles. The summed E-state index contributed by atoms with van der Waals surface area (Å²) in [7, 11) is 0. The van der Waals surface area contributed by atoms with Crippen molar-refractivity contribution in [3.05, 3.63) is 188 Å². The summed E-state index contributed by atoms with van der Waals surface area (Å²) in [6.45, 7) is 0. The number of hydrogen-bond donors (Lipinski definition) is 0. The average molecular weight is 646 g/mol. The van der Waals surface area contributed by atoms with Gasteiger partial charge in [0.15, 0.2) is 0 Å². The van der Waals surface area contributed by atoms with E-state index in [4.69, 9.17) is 0 Å². The van der Waals surface area contributed by atoms with Crippen molar-refractivity contribution in [3.63, 3.8) is 0 Å². The van der Waals surface area contributed by atoms with Crippen LogP contribution in [0.2, 0.25) is 0 Å². The Balaban J connectivity index is 1.22. The maximum atomic E-state index is 2.51. The fraction of sp³-hybridized carbons (Fsp3) is 0. The van der Waals surface area contributed by atoms with Gasteiger partial charge in [0.1, 0.15) is 0 Å². The molecule has 1 aliphatic rings. The number of nitrogens with zero attached hydrogens (tertiary/aromatic N) is 1. The normalized spacial score (nSPS) is 11.9. The van der Waals surface area contributed by atoms with E-state index in [0.29, 0.717) is 0 Å². The molecule has 1 heteroatoms. The van der Waals surface area contributed by atoms with E-state index in [1.807, 2.05) is 0 Å². The summed E-state index contributed by atoms with van der Waals surface area (Å²) in [6.07, 6.45) is 0. The lowest BCUT2D eigenvalue weighted by Crippen LogP contribution is -2.15. The summed E-state index contributed by atoms with van der Waals surface area (Å²) in [4.78, 5) is 2.51.